The first-order valence-corrected chi connectivity index (χ1v) is 9.55. The molecule has 0 aromatic heterocycles. The molecule has 7 heteroatoms. The number of carbonyl (C=O) groups is 1. The topological polar surface area (TPSA) is 75.3 Å². The molecule has 1 amide bonds. The van der Waals surface area contributed by atoms with Crippen LogP contribution in [0.5, 0.6) is 0 Å². The Morgan fingerprint density at radius 2 is 1.46 bits per heavy atom. The van der Waals surface area contributed by atoms with Crippen LogP contribution in [0, 0.1) is 0 Å². The van der Waals surface area contributed by atoms with E-state index >= 15 is 0 Å². The highest BCUT2D eigenvalue weighted by Gasteiger charge is 2.15. The Kier molecular flexibility index (Phi) is 5.25. The summed E-state index contributed by atoms with van der Waals surface area (Å²) in [6, 6.07) is 21.1. The van der Waals surface area contributed by atoms with E-state index in [9.17, 15) is 13.2 Å². The molecule has 0 aliphatic heterocycles. The second-order valence-electron chi connectivity index (χ2n) is 5.46. The number of benzene rings is 3. The monoisotopic (exact) mass is 386 g/mol. The van der Waals surface area contributed by atoms with E-state index < -0.39 is 10.0 Å². The highest BCUT2D eigenvalue weighted by atomic mass is 35.5. The lowest BCUT2D eigenvalue weighted by atomic mass is 10.2. The molecule has 3 aromatic rings. The molecule has 0 radical (unpaired) electrons. The Hall–Kier alpha value is -2.83. The predicted octanol–water partition coefficient (Wildman–Crippen LogP) is 4.39. The van der Waals surface area contributed by atoms with Crippen molar-refractivity contribution in [3.63, 3.8) is 0 Å². The molecule has 0 fully saturated rings. The zero-order valence-corrected chi connectivity index (χ0v) is 15.1. The SMILES string of the molecule is O=C(Nc1ccccc1)c1cccc(NS(=O)(=O)c2ccc(Cl)cc2)c1. The minimum absolute atomic E-state index is 0.0843. The molecule has 0 aliphatic rings. The van der Waals surface area contributed by atoms with Crippen LogP contribution in [0.1, 0.15) is 10.4 Å². The van der Waals surface area contributed by atoms with Gasteiger partial charge in [0.2, 0.25) is 0 Å². The summed E-state index contributed by atoms with van der Waals surface area (Å²) in [7, 11) is -3.77. The molecule has 0 bridgehead atoms. The molecule has 0 aliphatic carbocycles. The number of rotatable bonds is 5. The van der Waals surface area contributed by atoms with Crippen LogP contribution in [0.2, 0.25) is 5.02 Å². The Morgan fingerprint density at radius 1 is 0.808 bits per heavy atom. The third-order valence-corrected chi connectivity index (χ3v) is 5.18. The van der Waals surface area contributed by atoms with E-state index in [-0.39, 0.29) is 10.8 Å². The molecule has 0 unspecified atom stereocenters. The van der Waals surface area contributed by atoms with Crippen molar-refractivity contribution in [3.05, 3.63) is 89.4 Å². The van der Waals surface area contributed by atoms with E-state index in [4.69, 9.17) is 11.6 Å². The first-order chi connectivity index (χ1) is 12.4. The fraction of sp³-hybridized carbons (Fsp3) is 0. The number of para-hydroxylation sites is 1. The van der Waals surface area contributed by atoms with Gasteiger partial charge in [-0.05, 0) is 54.6 Å². The normalized spacial score (nSPS) is 11.0. The van der Waals surface area contributed by atoms with Crippen molar-refractivity contribution >= 4 is 38.9 Å². The van der Waals surface area contributed by atoms with Gasteiger partial charge in [0.1, 0.15) is 0 Å². The van der Waals surface area contributed by atoms with Gasteiger partial charge in [0.25, 0.3) is 15.9 Å². The van der Waals surface area contributed by atoms with Crippen molar-refractivity contribution in [2.24, 2.45) is 0 Å². The number of amides is 1. The largest absolute Gasteiger partial charge is 0.322 e. The van der Waals surface area contributed by atoms with Crippen LogP contribution in [0.15, 0.2) is 83.8 Å². The standard InChI is InChI=1S/C19H15ClN2O3S/c20-15-9-11-18(12-10-15)26(24,25)22-17-8-4-5-14(13-17)19(23)21-16-6-2-1-3-7-16/h1-13,22H,(H,21,23). The van der Waals surface area contributed by atoms with Gasteiger partial charge in [-0.2, -0.15) is 0 Å². The number of nitrogens with one attached hydrogen (secondary N) is 2. The second-order valence-corrected chi connectivity index (χ2v) is 7.58. The number of hydrogen-bond acceptors (Lipinski definition) is 3. The molecule has 0 saturated carbocycles. The Balaban J connectivity index is 1.78. The van der Waals surface area contributed by atoms with Gasteiger partial charge in [0, 0.05) is 22.0 Å². The smallest absolute Gasteiger partial charge is 0.261 e. The summed E-state index contributed by atoms with van der Waals surface area (Å²) in [6.07, 6.45) is 0. The summed E-state index contributed by atoms with van der Waals surface area (Å²) in [4.78, 5) is 12.4. The van der Waals surface area contributed by atoms with Gasteiger partial charge < -0.3 is 5.32 Å². The average molecular weight is 387 g/mol. The zero-order chi connectivity index (χ0) is 18.6. The lowest BCUT2D eigenvalue weighted by Crippen LogP contribution is -2.15. The molecule has 5 nitrogen and oxygen atoms in total. The highest BCUT2D eigenvalue weighted by Crippen LogP contribution is 2.19. The molecule has 132 valence electrons. The first-order valence-electron chi connectivity index (χ1n) is 7.69. The lowest BCUT2D eigenvalue weighted by molar-refractivity contribution is 0.102. The Labute approximate surface area is 156 Å². The molecule has 0 atom stereocenters. The highest BCUT2D eigenvalue weighted by molar-refractivity contribution is 7.92. The Morgan fingerprint density at radius 3 is 2.15 bits per heavy atom. The maximum absolute atomic E-state index is 12.4. The van der Waals surface area contributed by atoms with E-state index in [1.165, 1.54) is 30.3 Å². The van der Waals surface area contributed by atoms with Crippen molar-refractivity contribution in [3.8, 4) is 0 Å². The maximum atomic E-state index is 12.4. The van der Waals surface area contributed by atoms with Crippen molar-refractivity contribution < 1.29 is 13.2 Å². The molecule has 0 saturated heterocycles. The quantitative estimate of drug-likeness (QED) is 0.682. The fourth-order valence-electron chi connectivity index (χ4n) is 2.28. The molecule has 3 aromatic carbocycles. The average Bonchev–Trinajstić information content (AvgIpc) is 2.63. The van der Waals surface area contributed by atoms with Gasteiger partial charge in [-0.15, -0.1) is 0 Å². The minimum Gasteiger partial charge on any atom is -0.322 e. The fourth-order valence-corrected chi connectivity index (χ4v) is 3.45. The zero-order valence-electron chi connectivity index (χ0n) is 13.5. The lowest BCUT2D eigenvalue weighted by Gasteiger charge is -2.10. The summed E-state index contributed by atoms with van der Waals surface area (Å²) >= 11 is 5.78. The van der Waals surface area contributed by atoms with Crippen LogP contribution in [-0.2, 0) is 10.0 Å². The number of hydrogen-bond donors (Lipinski definition) is 2. The number of anilines is 2. The van der Waals surface area contributed by atoms with Gasteiger partial charge >= 0.3 is 0 Å². The predicted molar refractivity (Wildman–Crippen MR) is 103 cm³/mol. The van der Waals surface area contributed by atoms with Crippen molar-refractivity contribution in [2.45, 2.75) is 4.90 Å². The van der Waals surface area contributed by atoms with E-state index in [0.29, 0.717) is 22.0 Å². The summed E-state index contributed by atoms with van der Waals surface area (Å²) in [6.45, 7) is 0. The molecule has 0 heterocycles. The van der Waals surface area contributed by atoms with Crippen LogP contribution in [0.4, 0.5) is 11.4 Å². The van der Waals surface area contributed by atoms with E-state index in [1.54, 1.807) is 30.3 Å². The Bertz CT molecular complexity index is 1020. The van der Waals surface area contributed by atoms with Gasteiger partial charge in [-0.25, -0.2) is 8.42 Å². The molecule has 2 N–H and O–H groups in total. The molecule has 3 rings (SSSR count). The minimum atomic E-state index is -3.77. The third kappa shape index (κ3) is 4.41. The summed E-state index contributed by atoms with van der Waals surface area (Å²) < 4.78 is 27.3. The van der Waals surface area contributed by atoms with Crippen LogP contribution in [0.3, 0.4) is 0 Å². The van der Waals surface area contributed by atoms with Gasteiger partial charge in [0.15, 0.2) is 0 Å². The number of carbonyl (C=O) groups excluding carboxylic acids is 1. The van der Waals surface area contributed by atoms with Crippen LogP contribution >= 0.6 is 11.6 Å². The number of sulfonamides is 1. The van der Waals surface area contributed by atoms with E-state index in [1.807, 2.05) is 18.2 Å². The summed E-state index contributed by atoms with van der Waals surface area (Å²) in [5.41, 5.74) is 1.29. The first kappa shape index (κ1) is 18.0. The van der Waals surface area contributed by atoms with Crippen molar-refractivity contribution in [2.75, 3.05) is 10.0 Å². The molecule has 26 heavy (non-hydrogen) atoms. The van der Waals surface area contributed by atoms with E-state index in [2.05, 4.69) is 10.0 Å². The van der Waals surface area contributed by atoms with Crippen LogP contribution in [-0.4, -0.2) is 14.3 Å². The van der Waals surface area contributed by atoms with Crippen molar-refractivity contribution in [1.82, 2.24) is 0 Å². The van der Waals surface area contributed by atoms with E-state index in [0.717, 1.165) is 0 Å². The maximum Gasteiger partial charge on any atom is 0.261 e. The van der Waals surface area contributed by atoms with Crippen molar-refractivity contribution in [1.29, 1.82) is 0 Å². The summed E-state index contributed by atoms with van der Waals surface area (Å²) in [5, 5.41) is 3.20. The third-order valence-electron chi connectivity index (χ3n) is 3.53. The van der Waals surface area contributed by atoms with Crippen LogP contribution in [0.25, 0.3) is 0 Å². The van der Waals surface area contributed by atoms with Crippen LogP contribution < -0.4 is 10.0 Å². The molecular formula is C19H15ClN2O3S. The summed E-state index contributed by atoms with van der Waals surface area (Å²) in [5.74, 6) is -0.330. The van der Waals surface area contributed by atoms with Gasteiger partial charge in [-0.3, -0.25) is 9.52 Å². The molecule has 0 spiro atoms. The molecular weight excluding hydrogens is 372 g/mol. The van der Waals surface area contributed by atoms with Gasteiger partial charge in [-0.1, -0.05) is 35.9 Å². The number of halogens is 1. The van der Waals surface area contributed by atoms with Gasteiger partial charge in [0.05, 0.1) is 4.90 Å². The second kappa shape index (κ2) is 7.59.